The summed E-state index contributed by atoms with van der Waals surface area (Å²) in [5.74, 6) is 0.486. The van der Waals surface area contributed by atoms with E-state index in [9.17, 15) is 9.59 Å². The SMILES string of the molecule is O=c1[nH]c(=O)n(CCCCl)c2ccccc12. The summed E-state index contributed by atoms with van der Waals surface area (Å²) >= 11 is 5.60. The Kier molecular flexibility index (Phi) is 3.10. The molecule has 0 aliphatic carbocycles. The lowest BCUT2D eigenvalue weighted by Crippen LogP contribution is -2.30. The van der Waals surface area contributed by atoms with Crippen LogP contribution in [0.1, 0.15) is 6.42 Å². The number of fused-ring (bicyclic) bond motifs is 1. The van der Waals surface area contributed by atoms with E-state index in [1.54, 1.807) is 28.8 Å². The van der Waals surface area contributed by atoms with Crippen LogP contribution in [-0.2, 0) is 6.54 Å². The third-order valence-corrected chi connectivity index (χ3v) is 2.69. The van der Waals surface area contributed by atoms with Crippen molar-refractivity contribution >= 4 is 22.5 Å². The number of hydrogen-bond donors (Lipinski definition) is 1. The van der Waals surface area contributed by atoms with E-state index in [-0.39, 0.29) is 11.2 Å². The summed E-state index contributed by atoms with van der Waals surface area (Å²) in [7, 11) is 0. The molecule has 5 heteroatoms. The average molecular weight is 239 g/mol. The van der Waals surface area contributed by atoms with Crippen molar-refractivity contribution in [2.45, 2.75) is 13.0 Å². The van der Waals surface area contributed by atoms with E-state index >= 15 is 0 Å². The smallest absolute Gasteiger partial charge is 0.293 e. The fourth-order valence-corrected chi connectivity index (χ4v) is 1.80. The lowest BCUT2D eigenvalue weighted by atomic mass is 10.2. The quantitative estimate of drug-likeness (QED) is 0.820. The monoisotopic (exact) mass is 238 g/mol. The molecule has 0 amide bonds. The molecule has 0 saturated carbocycles. The molecule has 0 atom stereocenters. The normalized spacial score (nSPS) is 10.8. The van der Waals surface area contributed by atoms with Crippen molar-refractivity contribution in [3.05, 3.63) is 45.1 Å². The van der Waals surface area contributed by atoms with Crippen LogP contribution >= 0.6 is 11.6 Å². The highest BCUT2D eigenvalue weighted by atomic mass is 35.5. The van der Waals surface area contributed by atoms with Crippen LogP contribution in [0.4, 0.5) is 0 Å². The van der Waals surface area contributed by atoms with Crippen molar-refractivity contribution in [2.75, 3.05) is 5.88 Å². The Hall–Kier alpha value is -1.55. The van der Waals surface area contributed by atoms with Crippen molar-refractivity contribution < 1.29 is 0 Å². The minimum absolute atomic E-state index is 0.345. The zero-order valence-electron chi connectivity index (χ0n) is 8.57. The summed E-state index contributed by atoms with van der Waals surface area (Å²) in [6.45, 7) is 0.514. The number of aromatic amines is 1. The van der Waals surface area contributed by atoms with Gasteiger partial charge >= 0.3 is 5.69 Å². The van der Waals surface area contributed by atoms with E-state index in [1.807, 2.05) is 0 Å². The lowest BCUT2D eigenvalue weighted by molar-refractivity contribution is 0.660. The first-order valence-corrected chi connectivity index (χ1v) is 5.55. The van der Waals surface area contributed by atoms with E-state index in [1.165, 1.54) is 0 Å². The number of nitrogens with one attached hydrogen (secondary N) is 1. The molecule has 0 aliphatic rings. The molecule has 0 aliphatic heterocycles. The van der Waals surface area contributed by atoms with Gasteiger partial charge in [-0.05, 0) is 18.6 Å². The number of hydrogen-bond acceptors (Lipinski definition) is 2. The van der Waals surface area contributed by atoms with Crippen molar-refractivity contribution in [3.8, 4) is 0 Å². The van der Waals surface area contributed by atoms with Crippen LogP contribution in [0.25, 0.3) is 10.9 Å². The molecule has 0 unspecified atom stereocenters. The van der Waals surface area contributed by atoms with Gasteiger partial charge in [0.1, 0.15) is 0 Å². The first kappa shape index (κ1) is 11.0. The van der Waals surface area contributed by atoms with Crippen molar-refractivity contribution in [2.24, 2.45) is 0 Å². The third-order valence-electron chi connectivity index (χ3n) is 2.42. The second kappa shape index (κ2) is 4.53. The molecule has 0 radical (unpaired) electrons. The van der Waals surface area contributed by atoms with Gasteiger partial charge in [-0.2, -0.15) is 0 Å². The maximum atomic E-state index is 11.6. The van der Waals surface area contributed by atoms with Crippen LogP contribution in [0.3, 0.4) is 0 Å². The summed E-state index contributed by atoms with van der Waals surface area (Å²) < 4.78 is 1.54. The minimum Gasteiger partial charge on any atom is -0.293 e. The topological polar surface area (TPSA) is 54.9 Å². The van der Waals surface area contributed by atoms with Gasteiger partial charge in [-0.3, -0.25) is 14.3 Å². The summed E-state index contributed by atoms with van der Waals surface area (Å²) in [5.41, 5.74) is -0.0714. The summed E-state index contributed by atoms with van der Waals surface area (Å²) in [6, 6.07) is 7.04. The van der Waals surface area contributed by atoms with Gasteiger partial charge in [0.15, 0.2) is 0 Å². The molecular weight excluding hydrogens is 228 g/mol. The van der Waals surface area contributed by atoms with Gasteiger partial charge in [0.05, 0.1) is 10.9 Å². The molecule has 2 aromatic rings. The van der Waals surface area contributed by atoms with E-state index < -0.39 is 0 Å². The van der Waals surface area contributed by atoms with E-state index in [4.69, 9.17) is 11.6 Å². The molecule has 0 fully saturated rings. The molecule has 0 spiro atoms. The number of para-hydroxylation sites is 1. The minimum atomic E-state index is -0.381. The fourth-order valence-electron chi connectivity index (χ4n) is 1.68. The summed E-state index contributed by atoms with van der Waals surface area (Å²) in [5, 5.41) is 0.525. The number of rotatable bonds is 3. The maximum Gasteiger partial charge on any atom is 0.328 e. The zero-order valence-corrected chi connectivity index (χ0v) is 9.33. The number of aromatic nitrogens is 2. The zero-order chi connectivity index (χ0) is 11.5. The Bertz CT molecular complexity index is 615. The van der Waals surface area contributed by atoms with Gasteiger partial charge in [-0.1, -0.05) is 12.1 Å². The number of alkyl halides is 1. The molecule has 84 valence electrons. The molecular formula is C11H11ClN2O2. The third kappa shape index (κ3) is 1.88. The second-order valence-electron chi connectivity index (χ2n) is 3.47. The molecule has 4 nitrogen and oxygen atoms in total. The highest BCUT2D eigenvalue weighted by molar-refractivity contribution is 6.17. The number of H-pyrrole nitrogens is 1. The molecule has 0 bridgehead atoms. The van der Waals surface area contributed by atoms with Crippen LogP contribution in [0.2, 0.25) is 0 Å². The van der Waals surface area contributed by atoms with E-state index in [0.717, 1.165) is 0 Å². The van der Waals surface area contributed by atoms with Crippen LogP contribution in [0.5, 0.6) is 0 Å². The Morgan fingerprint density at radius 1 is 1.25 bits per heavy atom. The molecule has 1 aromatic heterocycles. The lowest BCUT2D eigenvalue weighted by Gasteiger charge is -2.07. The fraction of sp³-hybridized carbons (Fsp3) is 0.273. The average Bonchev–Trinajstić information content (AvgIpc) is 2.29. The Morgan fingerprint density at radius 2 is 2.00 bits per heavy atom. The predicted molar refractivity (Wildman–Crippen MR) is 64.2 cm³/mol. The number of halogens is 1. The summed E-state index contributed by atoms with van der Waals surface area (Å²) in [4.78, 5) is 25.5. The van der Waals surface area contributed by atoms with Crippen molar-refractivity contribution in [1.29, 1.82) is 0 Å². The molecule has 1 heterocycles. The Balaban J connectivity index is 2.72. The van der Waals surface area contributed by atoms with E-state index in [0.29, 0.717) is 29.7 Å². The number of benzene rings is 1. The highest BCUT2D eigenvalue weighted by Crippen LogP contribution is 2.07. The molecule has 16 heavy (non-hydrogen) atoms. The van der Waals surface area contributed by atoms with Gasteiger partial charge < -0.3 is 0 Å². The van der Waals surface area contributed by atoms with Gasteiger partial charge in [-0.25, -0.2) is 4.79 Å². The first-order chi connectivity index (χ1) is 7.74. The number of nitrogens with zero attached hydrogens (tertiary/aromatic N) is 1. The summed E-state index contributed by atoms with van der Waals surface area (Å²) in [6.07, 6.45) is 0.692. The van der Waals surface area contributed by atoms with Gasteiger partial charge in [0.2, 0.25) is 0 Å². The van der Waals surface area contributed by atoms with Crippen LogP contribution < -0.4 is 11.2 Å². The van der Waals surface area contributed by atoms with Gasteiger partial charge in [0, 0.05) is 12.4 Å². The van der Waals surface area contributed by atoms with Crippen molar-refractivity contribution in [1.82, 2.24) is 9.55 Å². The number of aryl methyl sites for hydroxylation is 1. The molecule has 0 saturated heterocycles. The molecule has 1 aromatic carbocycles. The highest BCUT2D eigenvalue weighted by Gasteiger charge is 2.05. The second-order valence-corrected chi connectivity index (χ2v) is 3.85. The standard InChI is InChI=1S/C11H11ClN2O2/c12-6-3-7-14-9-5-2-1-4-8(9)10(15)13-11(14)16/h1-2,4-5H,3,6-7H2,(H,13,15,16). The Morgan fingerprint density at radius 3 is 2.75 bits per heavy atom. The van der Waals surface area contributed by atoms with E-state index in [2.05, 4.69) is 4.98 Å². The van der Waals surface area contributed by atoms with Crippen molar-refractivity contribution in [3.63, 3.8) is 0 Å². The first-order valence-electron chi connectivity index (χ1n) is 5.02. The Labute approximate surface area is 96.5 Å². The molecule has 2 rings (SSSR count). The van der Waals surface area contributed by atoms with Gasteiger partial charge in [0.25, 0.3) is 5.56 Å². The maximum absolute atomic E-state index is 11.6. The predicted octanol–water partition coefficient (Wildman–Crippen LogP) is 1.32. The van der Waals surface area contributed by atoms with Gasteiger partial charge in [-0.15, -0.1) is 11.6 Å². The largest absolute Gasteiger partial charge is 0.328 e. The molecule has 1 N–H and O–H groups in total. The van der Waals surface area contributed by atoms with Crippen LogP contribution in [0, 0.1) is 0 Å². The van der Waals surface area contributed by atoms with Crippen LogP contribution in [0.15, 0.2) is 33.9 Å². The van der Waals surface area contributed by atoms with Crippen LogP contribution in [-0.4, -0.2) is 15.4 Å².